The number of fused-ring (bicyclic) bond motifs is 5. The lowest BCUT2D eigenvalue weighted by Crippen LogP contribution is -2.74. The van der Waals surface area contributed by atoms with E-state index in [-0.39, 0.29) is 17.3 Å². The standard InChI is InChI=1S/C21H34O4/c1-18(2)15(22)8-10-20(4)14-7-9-19(3)13(5-6-16(19)23)12(14)11-17(24)21(18,20)25/h12-14,16-17,23-25H,5-11H2,1-4H3/t12-,13-,14+,16?,17?,19-,20+,21?/m0/s1. The number of hydrogen-bond donors (Lipinski definition) is 3. The molecule has 0 spiro atoms. The Balaban J connectivity index is 1.78. The Labute approximate surface area is 151 Å². The van der Waals surface area contributed by atoms with Crippen LogP contribution in [-0.2, 0) is 4.79 Å². The van der Waals surface area contributed by atoms with Gasteiger partial charge in [-0.15, -0.1) is 0 Å². The van der Waals surface area contributed by atoms with Crippen molar-refractivity contribution in [2.75, 3.05) is 0 Å². The Morgan fingerprint density at radius 1 is 0.920 bits per heavy atom. The molecule has 8 atom stereocenters. The van der Waals surface area contributed by atoms with E-state index in [2.05, 4.69) is 13.8 Å². The predicted octanol–water partition coefficient (Wildman–Crippen LogP) is 2.68. The zero-order chi connectivity index (χ0) is 18.4. The molecule has 25 heavy (non-hydrogen) atoms. The van der Waals surface area contributed by atoms with Crippen LogP contribution in [0.2, 0.25) is 0 Å². The third kappa shape index (κ3) is 1.87. The first-order valence-electron chi connectivity index (χ1n) is 10.1. The zero-order valence-corrected chi connectivity index (χ0v) is 16.1. The SMILES string of the molecule is CC1(C)C(=O)CC[C@]2(C)[C@@H]3CC[C@]4(C)C(O)CC[C@H]4[C@@H]3CC(O)C12O. The van der Waals surface area contributed by atoms with Gasteiger partial charge in [0.25, 0.3) is 0 Å². The molecule has 0 saturated heterocycles. The van der Waals surface area contributed by atoms with Crippen molar-refractivity contribution >= 4 is 5.78 Å². The summed E-state index contributed by atoms with van der Waals surface area (Å²) in [5, 5.41) is 33.5. The third-order valence-electron chi connectivity index (χ3n) is 9.58. The van der Waals surface area contributed by atoms with Gasteiger partial charge < -0.3 is 15.3 Å². The van der Waals surface area contributed by atoms with Crippen molar-refractivity contribution in [3.8, 4) is 0 Å². The molecule has 142 valence electrons. The van der Waals surface area contributed by atoms with Crippen LogP contribution in [0.15, 0.2) is 0 Å². The van der Waals surface area contributed by atoms with E-state index in [0.29, 0.717) is 37.0 Å². The Bertz CT molecular complexity index is 601. The summed E-state index contributed by atoms with van der Waals surface area (Å²) in [5.74, 6) is 1.14. The van der Waals surface area contributed by atoms with Gasteiger partial charge in [0.2, 0.25) is 0 Å². The first-order valence-corrected chi connectivity index (χ1v) is 10.1. The number of Topliss-reactive ketones (excluding diaryl/α,β-unsaturated/α-hetero) is 1. The monoisotopic (exact) mass is 350 g/mol. The van der Waals surface area contributed by atoms with Gasteiger partial charge in [0.05, 0.1) is 17.6 Å². The predicted molar refractivity (Wildman–Crippen MR) is 94.8 cm³/mol. The summed E-state index contributed by atoms with van der Waals surface area (Å²) in [6, 6.07) is 0. The van der Waals surface area contributed by atoms with E-state index in [0.717, 1.165) is 25.7 Å². The van der Waals surface area contributed by atoms with Gasteiger partial charge in [-0.2, -0.15) is 0 Å². The van der Waals surface area contributed by atoms with E-state index in [4.69, 9.17) is 0 Å². The largest absolute Gasteiger partial charge is 0.393 e. The van der Waals surface area contributed by atoms with Crippen molar-refractivity contribution in [1.29, 1.82) is 0 Å². The molecule has 4 heteroatoms. The van der Waals surface area contributed by atoms with Crippen LogP contribution < -0.4 is 0 Å². The summed E-state index contributed by atoms with van der Waals surface area (Å²) in [6.45, 7) is 7.98. The van der Waals surface area contributed by atoms with Crippen LogP contribution in [-0.4, -0.2) is 38.9 Å². The van der Waals surface area contributed by atoms with Crippen molar-refractivity contribution < 1.29 is 20.1 Å². The lowest BCUT2D eigenvalue weighted by molar-refractivity contribution is -0.286. The van der Waals surface area contributed by atoms with E-state index >= 15 is 0 Å². The second-order valence-corrected chi connectivity index (χ2v) is 10.5. The Hall–Kier alpha value is -0.450. The maximum Gasteiger partial charge on any atom is 0.141 e. The topological polar surface area (TPSA) is 77.8 Å². The highest BCUT2D eigenvalue weighted by Crippen LogP contribution is 2.69. The maximum absolute atomic E-state index is 12.6. The number of carbonyl (C=O) groups excluding carboxylic acids is 1. The molecule has 4 fully saturated rings. The average molecular weight is 350 g/mol. The lowest BCUT2D eigenvalue weighted by Gasteiger charge is -2.68. The molecule has 0 aliphatic heterocycles. The van der Waals surface area contributed by atoms with Gasteiger partial charge in [0.1, 0.15) is 11.4 Å². The molecule has 0 heterocycles. The highest BCUT2D eigenvalue weighted by molar-refractivity contribution is 5.87. The van der Waals surface area contributed by atoms with E-state index < -0.39 is 22.5 Å². The van der Waals surface area contributed by atoms with Gasteiger partial charge in [-0.05, 0) is 61.7 Å². The molecule has 4 rings (SSSR count). The van der Waals surface area contributed by atoms with Crippen LogP contribution >= 0.6 is 0 Å². The fraction of sp³-hybridized carbons (Fsp3) is 0.952. The minimum absolute atomic E-state index is 0.0489. The highest BCUT2D eigenvalue weighted by Gasteiger charge is 2.72. The van der Waals surface area contributed by atoms with E-state index in [1.54, 1.807) is 0 Å². The molecule has 0 amide bonds. The summed E-state index contributed by atoms with van der Waals surface area (Å²) in [6.07, 6.45) is 4.42. The Morgan fingerprint density at radius 2 is 1.60 bits per heavy atom. The molecule has 0 aromatic heterocycles. The van der Waals surface area contributed by atoms with Gasteiger partial charge >= 0.3 is 0 Å². The minimum atomic E-state index is -1.36. The zero-order valence-electron chi connectivity index (χ0n) is 16.1. The smallest absolute Gasteiger partial charge is 0.141 e. The van der Waals surface area contributed by atoms with E-state index in [9.17, 15) is 20.1 Å². The molecule has 0 bridgehead atoms. The normalized spacial score (nSPS) is 57.6. The fourth-order valence-electron chi connectivity index (χ4n) is 7.88. The van der Waals surface area contributed by atoms with Crippen LogP contribution in [0.1, 0.15) is 72.6 Å². The molecule has 3 unspecified atom stereocenters. The molecule has 4 aliphatic rings. The quantitative estimate of drug-likeness (QED) is 0.628. The molecule has 0 aromatic rings. The van der Waals surface area contributed by atoms with Crippen LogP contribution in [0, 0.1) is 34.0 Å². The number of rotatable bonds is 0. The number of hydrogen-bond acceptors (Lipinski definition) is 4. The molecule has 4 aliphatic carbocycles. The van der Waals surface area contributed by atoms with Crippen molar-refractivity contribution in [3.63, 3.8) is 0 Å². The number of aliphatic hydroxyl groups excluding tert-OH is 2. The second kappa shape index (κ2) is 5.08. The van der Waals surface area contributed by atoms with Gasteiger partial charge in [0, 0.05) is 11.8 Å². The molecular weight excluding hydrogens is 316 g/mol. The molecule has 4 nitrogen and oxygen atoms in total. The second-order valence-electron chi connectivity index (χ2n) is 10.5. The fourth-order valence-corrected chi connectivity index (χ4v) is 7.88. The van der Waals surface area contributed by atoms with Gasteiger partial charge in [0.15, 0.2) is 0 Å². The first-order chi connectivity index (χ1) is 11.5. The molecule has 0 aromatic carbocycles. The van der Waals surface area contributed by atoms with Crippen molar-refractivity contribution in [3.05, 3.63) is 0 Å². The van der Waals surface area contributed by atoms with Gasteiger partial charge in [-0.3, -0.25) is 4.79 Å². The third-order valence-corrected chi connectivity index (χ3v) is 9.58. The molecule has 3 N–H and O–H groups in total. The average Bonchev–Trinajstić information content (AvgIpc) is 2.85. The number of aliphatic hydroxyl groups is 3. The Kier molecular flexibility index (Phi) is 3.65. The van der Waals surface area contributed by atoms with E-state index in [1.165, 1.54) is 0 Å². The van der Waals surface area contributed by atoms with Crippen molar-refractivity contribution in [2.45, 2.75) is 90.4 Å². The molecular formula is C21H34O4. The summed E-state index contributed by atoms with van der Waals surface area (Å²) >= 11 is 0. The van der Waals surface area contributed by atoms with Crippen LogP contribution in [0.3, 0.4) is 0 Å². The summed E-state index contributed by atoms with van der Waals surface area (Å²) in [4.78, 5) is 12.6. The number of ketones is 1. The number of carbonyl (C=O) groups is 1. The first kappa shape index (κ1) is 17.9. The van der Waals surface area contributed by atoms with Gasteiger partial charge in [-0.1, -0.05) is 27.7 Å². The highest BCUT2D eigenvalue weighted by atomic mass is 16.3. The minimum Gasteiger partial charge on any atom is -0.393 e. The molecule has 4 saturated carbocycles. The summed E-state index contributed by atoms with van der Waals surface area (Å²) in [5.41, 5.74) is -2.77. The molecule has 0 radical (unpaired) electrons. The summed E-state index contributed by atoms with van der Waals surface area (Å²) in [7, 11) is 0. The maximum atomic E-state index is 12.6. The van der Waals surface area contributed by atoms with Crippen LogP contribution in [0.25, 0.3) is 0 Å². The van der Waals surface area contributed by atoms with Gasteiger partial charge in [-0.25, -0.2) is 0 Å². The lowest BCUT2D eigenvalue weighted by atomic mass is 9.39. The van der Waals surface area contributed by atoms with Crippen molar-refractivity contribution in [1.82, 2.24) is 0 Å². The summed E-state index contributed by atoms with van der Waals surface area (Å²) < 4.78 is 0. The Morgan fingerprint density at radius 3 is 2.28 bits per heavy atom. The van der Waals surface area contributed by atoms with E-state index in [1.807, 2.05) is 13.8 Å². The van der Waals surface area contributed by atoms with Crippen LogP contribution in [0.5, 0.6) is 0 Å². The van der Waals surface area contributed by atoms with Crippen molar-refractivity contribution in [2.24, 2.45) is 34.0 Å². The van der Waals surface area contributed by atoms with Crippen LogP contribution in [0.4, 0.5) is 0 Å².